The van der Waals surface area contributed by atoms with Crippen LogP contribution in [0, 0.1) is 0 Å². The van der Waals surface area contributed by atoms with Gasteiger partial charge in [0.1, 0.15) is 5.75 Å². The molecule has 0 fully saturated rings. The Morgan fingerprint density at radius 3 is 2.57 bits per heavy atom. The van der Waals surface area contributed by atoms with Crippen molar-refractivity contribution in [2.75, 3.05) is 12.8 Å². The van der Waals surface area contributed by atoms with Crippen LogP contribution in [0.5, 0.6) is 5.75 Å². The zero-order valence-corrected chi connectivity index (χ0v) is 7.77. The maximum absolute atomic E-state index is 10.6. The monoisotopic (exact) mass is 193 g/mol. The second kappa shape index (κ2) is 4.91. The summed E-state index contributed by atoms with van der Waals surface area (Å²) in [7, 11) is 1.30. The number of nitrogen functional groups attached to an aromatic ring is 1. The van der Waals surface area contributed by atoms with Crippen molar-refractivity contribution in [3.05, 3.63) is 36.6 Å². The molecule has 0 aromatic heterocycles. The van der Waals surface area contributed by atoms with E-state index < -0.39 is 5.97 Å². The highest BCUT2D eigenvalue weighted by Crippen LogP contribution is 2.12. The van der Waals surface area contributed by atoms with Crippen molar-refractivity contribution >= 4 is 11.7 Å². The normalized spacial score (nSPS) is 10.1. The largest absolute Gasteiger partial charge is 0.466 e. The second-order valence-electron chi connectivity index (χ2n) is 2.51. The minimum atomic E-state index is -0.458. The average molecular weight is 193 g/mol. The number of ether oxygens (including phenoxy) is 2. The van der Waals surface area contributed by atoms with E-state index in [1.807, 2.05) is 0 Å². The lowest BCUT2D eigenvalue weighted by Gasteiger charge is -1.99. The van der Waals surface area contributed by atoms with E-state index in [-0.39, 0.29) is 0 Å². The quantitative estimate of drug-likeness (QED) is 0.340. The van der Waals surface area contributed by atoms with E-state index in [4.69, 9.17) is 10.5 Å². The molecule has 0 aliphatic heterocycles. The maximum atomic E-state index is 10.6. The molecule has 0 heterocycles. The number of carbonyl (C=O) groups excluding carboxylic acids is 1. The van der Waals surface area contributed by atoms with E-state index in [0.29, 0.717) is 11.4 Å². The van der Waals surface area contributed by atoms with Crippen LogP contribution < -0.4 is 10.5 Å². The number of hydrogen-bond donors (Lipinski definition) is 1. The first kappa shape index (κ1) is 10.1. The van der Waals surface area contributed by atoms with Gasteiger partial charge in [-0.15, -0.1) is 0 Å². The summed E-state index contributed by atoms with van der Waals surface area (Å²) < 4.78 is 9.48. The molecule has 0 amide bonds. The number of esters is 1. The zero-order chi connectivity index (χ0) is 10.4. The van der Waals surface area contributed by atoms with Crippen LogP contribution in [0.3, 0.4) is 0 Å². The molecule has 0 radical (unpaired) electrons. The van der Waals surface area contributed by atoms with Crippen molar-refractivity contribution < 1.29 is 14.3 Å². The Labute approximate surface area is 81.9 Å². The first-order chi connectivity index (χ1) is 6.72. The van der Waals surface area contributed by atoms with Gasteiger partial charge in [0, 0.05) is 5.69 Å². The van der Waals surface area contributed by atoms with Gasteiger partial charge < -0.3 is 15.2 Å². The van der Waals surface area contributed by atoms with Crippen LogP contribution in [0.25, 0.3) is 0 Å². The highest BCUT2D eigenvalue weighted by Gasteiger charge is 1.92. The predicted molar refractivity (Wildman–Crippen MR) is 52.6 cm³/mol. The minimum Gasteiger partial charge on any atom is -0.466 e. The Morgan fingerprint density at radius 1 is 1.36 bits per heavy atom. The van der Waals surface area contributed by atoms with Gasteiger partial charge in [-0.25, -0.2) is 4.79 Å². The van der Waals surface area contributed by atoms with Crippen LogP contribution >= 0.6 is 0 Å². The van der Waals surface area contributed by atoms with Gasteiger partial charge in [0.05, 0.1) is 19.4 Å². The van der Waals surface area contributed by atoms with Gasteiger partial charge >= 0.3 is 5.97 Å². The summed E-state index contributed by atoms with van der Waals surface area (Å²) in [6.45, 7) is 0. The minimum absolute atomic E-state index is 0.458. The summed E-state index contributed by atoms with van der Waals surface area (Å²) in [6.07, 6.45) is 2.45. The van der Waals surface area contributed by atoms with Crippen LogP contribution in [0.2, 0.25) is 0 Å². The van der Waals surface area contributed by atoms with E-state index in [2.05, 4.69) is 4.74 Å². The first-order valence-electron chi connectivity index (χ1n) is 3.99. The van der Waals surface area contributed by atoms with Gasteiger partial charge in [-0.05, 0) is 24.3 Å². The molecule has 1 rings (SSSR count). The summed E-state index contributed by atoms with van der Waals surface area (Å²) >= 11 is 0. The molecule has 0 atom stereocenters. The highest BCUT2D eigenvalue weighted by molar-refractivity contribution is 5.81. The molecule has 0 aliphatic rings. The van der Waals surface area contributed by atoms with Gasteiger partial charge in [-0.3, -0.25) is 0 Å². The standard InChI is InChI=1S/C10H11NO3/c1-13-10(12)6-7-14-9-4-2-8(11)3-5-9/h2-7H,11H2,1H3/b7-6+. The lowest BCUT2D eigenvalue weighted by Crippen LogP contribution is -1.95. The fraction of sp³-hybridized carbons (Fsp3) is 0.100. The molecule has 2 N–H and O–H groups in total. The van der Waals surface area contributed by atoms with Gasteiger partial charge in [0.15, 0.2) is 0 Å². The second-order valence-corrected chi connectivity index (χ2v) is 2.51. The van der Waals surface area contributed by atoms with E-state index >= 15 is 0 Å². The molecule has 0 aliphatic carbocycles. The molecule has 0 spiro atoms. The Balaban J connectivity index is 2.49. The average Bonchev–Trinajstić information content (AvgIpc) is 2.21. The molecule has 74 valence electrons. The van der Waals surface area contributed by atoms with Crippen LogP contribution in [-0.4, -0.2) is 13.1 Å². The summed E-state index contributed by atoms with van der Waals surface area (Å²) in [4.78, 5) is 10.6. The van der Waals surface area contributed by atoms with Crippen molar-refractivity contribution in [2.45, 2.75) is 0 Å². The van der Waals surface area contributed by atoms with Crippen molar-refractivity contribution in [1.82, 2.24) is 0 Å². The maximum Gasteiger partial charge on any atom is 0.333 e. The molecule has 0 bridgehead atoms. The first-order valence-corrected chi connectivity index (χ1v) is 3.99. The van der Waals surface area contributed by atoms with Crippen molar-refractivity contribution in [2.24, 2.45) is 0 Å². The SMILES string of the molecule is COC(=O)/C=C/Oc1ccc(N)cc1. The Morgan fingerprint density at radius 2 is 2.00 bits per heavy atom. The number of anilines is 1. The fourth-order valence-corrected chi connectivity index (χ4v) is 0.783. The third kappa shape index (κ3) is 3.18. The van der Waals surface area contributed by atoms with Gasteiger partial charge in [-0.1, -0.05) is 0 Å². The summed E-state index contributed by atoms with van der Waals surface area (Å²) in [6, 6.07) is 6.83. The molecule has 0 saturated heterocycles. The topological polar surface area (TPSA) is 61.5 Å². The number of nitrogens with two attached hydrogens (primary N) is 1. The van der Waals surface area contributed by atoms with Gasteiger partial charge in [0.25, 0.3) is 0 Å². The lowest BCUT2D eigenvalue weighted by atomic mass is 10.3. The van der Waals surface area contributed by atoms with Crippen LogP contribution in [-0.2, 0) is 9.53 Å². The summed E-state index contributed by atoms with van der Waals surface area (Å²) in [5.74, 6) is 0.153. The molecular weight excluding hydrogens is 182 g/mol. The Bertz CT molecular complexity index is 330. The highest BCUT2D eigenvalue weighted by atomic mass is 16.5. The fourth-order valence-electron chi connectivity index (χ4n) is 0.783. The predicted octanol–water partition coefficient (Wildman–Crippen LogP) is 1.33. The molecule has 0 unspecified atom stereocenters. The third-order valence-electron chi connectivity index (χ3n) is 1.49. The molecule has 0 saturated carbocycles. The van der Waals surface area contributed by atoms with E-state index in [1.54, 1.807) is 24.3 Å². The third-order valence-corrected chi connectivity index (χ3v) is 1.49. The summed E-state index contributed by atoms with van der Waals surface area (Å²) in [5, 5.41) is 0. The molecule has 4 heteroatoms. The molecule has 1 aromatic carbocycles. The molecule has 4 nitrogen and oxygen atoms in total. The summed E-state index contributed by atoms with van der Waals surface area (Å²) in [5.41, 5.74) is 6.14. The Kier molecular flexibility index (Phi) is 3.55. The number of methoxy groups -OCH3 is 1. The number of benzene rings is 1. The molecule has 14 heavy (non-hydrogen) atoms. The van der Waals surface area contributed by atoms with Crippen molar-refractivity contribution in [3.63, 3.8) is 0 Å². The number of hydrogen-bond acceptors (Lipinski definition) is 4. The van der Waals surface area contributed by atoms with Crippen molar-refractivity contribution in [3.8, 4) is 5.75 Å². The van der Waals surface area contributed by atoms with Crippen LogP contribution in [0.1, 0.15) is 0 Å². The number of rotatable bonds is 3. The Hall–Kier alpha value is -1.97. The number of carbonyl (C=O) groups is 1. The molecule has 1 aromatic rings. The van der Waals surface area contributed by atoms with Crippen LogP contribution in [0.4, 0.5) is 5.69 Å². The van der Waals surface area contributed by atoms with E-state index in [1.165, 1.54) is 19.4 Å². The van der Waals surface area contributed by atoms with E-state index in [0.717, 1.165) is 0 Å². The zero-order valence-electron chi connectivity index (χ0n) is 7.77. The van der Waals surface area contributed by atoms with Gasteiger partial charge in [-0.2, -0.15) is 0 Å². The lowest BCUT2D eigenvalue weighted by molar-refractivity contribution is -0.134. The van der Waals surface area contributed by atoms with E-state index in [9.17, 15) is 4.79 Å². The van der Waals surface area contributed by atoms with Gasteiger partial charge in [0.2, 0.25) is 0 Å². The molecular formula is C10H11NO3. The smallest absolute Gasteiger partial charge is 0.333 e. The van der Waals surface area contributed by atoms with Crippen molar-refractivity contribution in [1.29, 1.82) is 0 Å². The van der Waals surface area contributed by atoms with Crippen LogP contribution in [0.15, 0.2) is 36.6 Å².